The molecule has 8 nitrogen and oxygen atoms in total. The zero-order chi connectivity index (χ0) is 17.8. The summed E-state index contributed by atoms with van der Waals surface area (Å²) in [7, 11) is 0. The number of carbonyl (C=O) groups excluding carboxylic acids is 1. The van der Waals surface area contributed by atoms with Crippen molar-refractivity contribution in [1.29, 1.82) is 0 Å². The van der Waals surface area contributed by atoms with Gasteiger partial charge in [0.25, 0.3) is 5.91 Å². The van der Waals surface area contributed by atoms with E-state index in [9.17, 15) is 14.9 Å². The second-order valence-corrected chi connectivity index (χ2v) is 6.04. The largest absolute Gasteiger partial charge is 0.487 e. The van der Waals surface area contributed by atoms with Crippen LogP contribution < -0.4 is 4.74 Å². The van der Waals surface area contributed by atoms with Crippen LogP contribution in [0.1, 0.15) is 36.5 Å². The molecule has 0 aliphatic carbocycles. The molecule has 2 aliphatic rings. The average molecular weight is 350 g/mol. The van der Waals surface area contributed by atoms with Crippen LogP contribution in [0.25, 0.3) is 0 Å². The van der Waals surface area contributed by atoms with E-state index in [1.54, 1.807) is 17.9 Å². The lowest BCUT2D eigenvalue weighted by molar-refractivity contribution is -0.385. The molecule has 1 amide bonds. The number of benzene rings is 1. The standard InChI is InChI=1S/C17H22N2O6/c1-2-23-15-7-6-12(11-14(15)19(21)22)16(20)18-8-4-3-5-13(18)17-24-9-10-25-17/h6-7,11,13,17H,2-5,8-10H2,1H3. The number of hydrogen-bond acceptors (Lipinski definition) is 6. The minimum absolute atomic E-state index is 0.158. The number of nitro groups is 1. The molecule has 0 N–H and O–H groups in total. The Morgan fingerprint density at radius 2 is 2.12 bits per heavy atom. The molecule has 3 rings (SSSR count). The first-order valence-electron chi connectivity index (χ1n) is 8.57. The minimum Gasteiger partial charge on any atom is -0.487 e. The van der Waals surface area contributed by atoms with Crippen LogP contribution in [0.15, 0.2) is 18.2 Å². The molecule has 0 aromatic heterocycles. The fraction of sp³-hybridized carbons (Fsp3) is 0.588. The van der Waals surface area contributed by atoms with Crippen molar-refractivity contribution in [3.05, 3.63) is 33.9 Å². The highest BCUT2D eigenvalue weighted by Gasteiger charge is 2.37. The Morgan fingerprint density at radius 3 is 2.80 bits per heavy atom. The monoisotopic (exact) mass is 350 g/mol. The lowest BCUT2D eigenvalue weighted by Crippen LogP contribution is -2.50. The van der Waals surface area contributed by atoms with Gasteiger partial charge < -0.3 is 19.1 Å². The Bertz CT molecular complexity index is 644. The molecule has 2 aliphatic heterocycles. The number of amides is 1. The van der Waals surface area contributed by atoms with E-state index in [0.717, 1.165) is 19.3 Å². The topological polar surface area (TPSA) is 91.1 Å². The van der Waals surface area contributed by atoms with Gasteiger partial charge in [0.15, 0.2) is 12.0 Å². The van der Waals surface area contributed by atoms with Crippen molar-refractivity contribution in [2.45, 2.75) is 38.5 Å². The summed E-state index contributed by atoms with van der Waals surface area (Å²) >= 11 is 0. The highest BCUT2D eigenvalue weighted by molar-refractivity contribution is 5.95. The normalized spacial score (nSPS) is 21.3. The number of carbonyl (C=O) groups is 1. The van der Waals surface area contributed by atoms with Crippen LogP contribution in [0, 0.1) is 10.1 Å². The first-order valence-corrected chi connectivity index (χ1v) is 8.57. The van der Waals surface area contributed by atoms with Gasteiger partial charge in [-0.05, 0) is 38.3 Å². The van der Waals surface area contributed by atoms with E-state index < -0.39 is 11.2 Å². The Kier molecular flexibility index (Phi) is 5.50. The number of rotatable bonds is 5. The van der Waals surface area contributed by atoms with Crippen LogP contribution in [0.3, 0.4) is 0 Å². The summed E-state index contributed by atoms with van der Waals surface area (Å²) in [6, 6.07) is 4.18. The summed E-state index contributed by atoms with van der Waals surface area (Å²) in [4.78, 5) is 25.4. The maximum atomic E-state index is 13.0. The van der Waals surface area contributed by atoms with Gasteiger partial charge in [-0.1, -0.05) is 0 Å². The first kappa shape index (κ1) is 17.6. The van der Waals surface area contributed by atoms with Crippen LogP contribution in [-0.4, -0.2) is 54.4 Å². The number of nitro benzene ring substituents is 1. The van der Waals surface area contributed by atoms with Gasteiger partial charge in [-0.3, -0.25) is 14.9 Å². The third-order valence-electron chi connectivity index (χ3n) is 4.47. The Balaban J connectivity index is 1.85. The molecule has 0 saturated carbocycles. The molecule has 1 aromatic rings. The molecule has 2 fully saturated rings. The Hall–Kier alpha value is -2.19. The summed E-state index contributed by atoms with van der Waals surface area (Å²) in [6.45, 7) is 3.71. The second kappa shape index (κ2) is 7.79. The summed E-state index contributed by atoms with van der Waals surface area (Å²) in [5, 5.41) is 11.3. The summed E-state index contributed by atoms with van der Waals surface area (Å²) < 4.78 is 16.4. The van der Waals surface area contributed by atoms with Crippen molar-refractivity contribution in [2.24, 2.45) is 0 Å². The molecule has 1 aromatic carbocycles. The molecule has 25 heavy (non-hydrogen) atoms. The highest BCUT2D eigenvalue weighted by Crippen LogP contribution is 2.31. The van der Waals surface area contributed by atoms with Crippen LogP contribution in [0.2, 0.25) is 0 Å². The predicted octanol–water partition coefficient (Wildman–Crippen LogP) is 2.36. The molecule has 1 unspecified atom stereocenters. The zero-order valence-electron chi connectivity index (χ0n) is 14.2. The maximum Gasteiger partial charge on any atom is 0.311 e. The van der Waals surface area contributed by atoms with Crippen LogP contribution in [0.4, 0.5) is 5.69 Å². The fourth-order valence-electron chi connectivity index (χ4n) is 3.33. The van der Waals surface area contributed by atoms with Crippen molar-refractivity contribution in [3.8, 4) is 5.75 Å². The molecule has 0 radical (unpaired) electrons. The van der Waals surface area contributed by atoms with Crippen molar-refractivity contribution in [3.63, 3.8) is 0 Å². The van der Waals surface area contributed by atoms with E-state index in [2.05, 4.69) is 0 Å². The van der Waals surface area contributed by atoms with Crippen LogP contribution in [0.5, 0.6) is 5.75 Å². The molecule has 2 heterocycles. The van der Waals surface area contributed by atoms with E-state index in [4.69, 9.17) is 14.2 Å². The number of likely N-dealkylation sites (tertiary alicyclic amines) is 1. The van der Waals surface area contributed by atoms with Gasteiger partial charge in [-0.15, -0.1) is 0 Å². The number of hydrogen-bond donors (Lipinski definition) is 0. The van der Waals surface area contributed by atoms with Gasteiger partial charge in [0.1, 0.15) is 0 Å². The van der Waals surface area contributed by atoms with Crippen LogP contribution in [-0.2, 0) is 9.47 Å². The third-order valence-corrected chi connectivity index (χ3v) is 4.47. The molecule has 136 valence electrons. The maximum absolute atomic E-state index is 13.0. The summed E-state index contributed by atoms with van der Waals surface area (Å²) in [6.07, 6.45) is 2.28. The van der Waals surface area contributed by atoms with Gasteiger partial charge in [-0.25, -0.2) is 0 Å². The fourth-order valence-corrected chi connectivity index (χ4v) is 3.33. The molecule has 1 atom stereocenters. The summed E-state index contributed by atoms with van der Waals surface area (Å²) in [5.74, 6) is -0.0725. The van der Waals surface area contributed by atoms with Crippen molar-refractivity contribution >= 4 is 11.6 Å². The molecule has 0 spiro atoms. The van der Waals surface area contributed by atoms with Gasteiger partial charge in [-0.2, -0.15) is 0 Å². The Labute approximate surface area is 145 Å². The molecule has 0 bridgehead atoms. The second-order valence-electron chi connectivity index (χ2n) is 6.04. The lowest BCUT2D eigenvalue weighted by Gasteiger charge is -2.38. The van der Waals surface area contributed by atoms with E-state index in [0.29, 0.717) is 26.4 Å². The van der Waals surface area contributed by atoms with E-state index in [1.807, 2.05) is 0 Å². The summed E-state index contributed by atoms with van der Waals surface area (Å²) in [5.41, 5.74) is 0.0784. The average Bonchev–Trinajstić information content (AvgIpc) is 3.16. The van der Waals surface area contributed by atoms with Crippen molar-refractivity contribution in [1.82, 2.24) is 4.90 Å². The van der Waals surface area contributed by atoms with Crippen molar-refractivity contribution in [2.75, 3.05) is 26.4 Å². The van der Waals surface area contributed by atoms with Gasteiger partial charge in [0.05, 0.1) is 30.8 Å². The number of piperidine rings is 1. The predicted molar refractivity (Wildman–Crippen MR) is 88.6 cm³/mol. The van der Waals surface area contributed by atoms with Gasteiger partial charge >= 0.3 is 5.69 Å². The van der Waals surface area contributed by atoms with E-state index in [-0.39, 0.29) is 28.9 Å². The molecular weight excluding hydrogens is 328 g/mol. The number of ether oxygens (including phenoxy) is 3. The molecule has 8 heteroatoms. The highest BCUT2D eigenvalue weighted by atomic mass is 16.7. The third kappa shape index (κ3) is 3.74. The number of nitrogens with zero attached hydrogens (tertiary/aromatic N) is 2. The first-order chi connectivity index (χ1) is 12.1. The van der Waals surface area contributed by atoms with E-state index >= 15 is 0 Å². The quantitative estimate of drug-likeness (QED) is 0.598. The van der Waals surface area contributed by atoms with Crippen molar-refractivity contribution < 1.29 is 23.9 Å². The zero-order valence-corrected chi connectivity index (χ0v) is 14.2. The van der Waals surface area contributed by atoms with Gasteiger partial charge in [0, 0.05) is 18.2 Å². The SMILES string of the molecule is CCOc1ccc(C(=O)N2CCCCC2C2OCCO2)cc1[N+](=O)[O-]. The van der Waals surface area contributed by atoms with E-state index in [1.165, 1.54) is 12.1 Å². The smallest absolute Gasteiger partial charge is 0.311 e. The lowest BCUT2D eigenvalue weighted by atomic mass is 10.00. The Morgan fingerprint density at radius 1 is 1.36 bits per heavy atom. The minimum atomic E-state index is -0.529. The van der Waals surface area contributed by atoms with Gasteiger partial charge in [0.2, 0.25) is 0 Å². The molecular formula is C17H22N2O6. The van der Waals surface area contributed by atoms with Crippen LogP contribution >= 0.6 is 0 Å². The molecule has 2 saturated heterocycles.